The van der Waals surface area contributed by atoms with Gasteiger partial charge < -0.3 is 19.2 Å². The third kappa shape index (κ3) is 1.91. The van der Waals surface area contributed by atoms with Crippen molar-refractivity contribution in [2.45, 2.75) is 13.0 Å². The van der Waals surface area contributed by atoms with Gasteiger partial charge in [-0.25, -0.2) is 4.79 Å². The lowest BCUT2D eigenvalue weighted by Gasteiger charge is -2.13. The molecule has 1 aliphatic rings. The van der Waals surface area contributed by atoms with E-state index < -0.39 is 12.1 Å². The van der Waals surface area contributed by atoms with Crippen molar-refractivity contribution in [1.82, 2.24) is 4.98 Å². The maximum absolute atomic E-state index is 12.5. The molecular weight excluding hydrogens is 306 g/mol. The molecule has 1 aliphatic heterocycles. The fraction of sp³-hybridized carbons (Fsp3) is 0.211. The summed E-state index contributed by atoms with van der Waals surface area (Å²) in [5.41, 5.74) is 4.22. The number of esters is 1. The van der Waals surface area contributed by atoms with Crippen molar-refractivity contribution in [1.29, 1.82) is 0 Å². The summed E-state index contributed by atoms with van der Waals surface area (Å²) >= 11 is 0. The van der Waals surface area contributed by atoms with E-state index in [-0.39, 0.29) is 0 Å². The van der Waals surface area contributed by atoms with Crippen LogP contribution in [0.15, 0.2) is 36.4 Å². The third-order valence-corrected chi connectivity index (χ3v) is 4.49. The van der Waals surface area contributed by atoms with Crippen molar-refractivity contribution >= 4 is 16.9 Å². The molecule has 0 bridgehead atoms. The molecule has 1 N–H and O–H groups in total. The van der Waals surface area contributed by atoms with E-state index in [2.05, 4.69) is 4.98 Å². The zero-order valence-corrected chi connectivity index (χ0v) is 13.7. The Morgan fingerprint density at radius 2 is 1.88 bits per heavy atom. The Labute approximate surface area is 139 Å². The lowest BCUT2D eigenvalue weighted by molar-refractivity contribution is 0.0455. The second kappa shape index (κ2) is 5.30. The molecule has 2 aromatic carbocycles. The van der Waals surface area contributed by atoms with Crippen LogP contribution in [0.4, 0.5) is 0 Å². The molecule has 3 aromatic rings. The van der Waals surface area contributed by atoms with Gasteiger partial charge in [0.2, 0.25) is 0 Å². The summed E-state index contributed by atoms with van der Waals surface area (Å²) in [4.78, 5) is 15.9. The first-order chi connectivity index (χ1) is 11.7. The lowest BCUT2D eigenvalue weighted by atomic mass is 9.96. The van der Waals surface area contributed by atoms with Crippen molar-refractivity contribution in [3.05, 3.63) is 58.8 Å². The fourth-order valence-electron chi connectivity index (χ4n) is 3.45. The Bertz CT molecular complexity index is 957. The summed E-state index contributed by atoms with van der Waals surface area (Å²) in [6.45, 7) is 1.99. The van der Waals surface area contributed by atoms with Gasteiger partial charge in [0.05, 0.1) is 14.2 Å². The number of ether oxygens (including phenoxy) is 3. The number of methoxy groups -OCH3 is 2. The van der Waals surface area contributed by atoms with Crippen LogP contribution in [0, 0.1) is 6.92 Å². The predicted octanol–water partition coefficient (Wildman–Crippen LogP) is 3.75. The molecule has 5 nitrogen and oxygen atoms in total. The van der Waals surface area contributed by atoms with Crippen LogP contribution in [-0.4, -0.2) is 25.2 Å². The van der Waals surface area contributed by atoms with E-state index >= 15 is 0 Å². The van der Waals surface area contributed by atoms with Gasteiger partial charge in [0.25, 0.3) is 0 Å². The van der Waals surface area contributed by atoms with Crippen molar-refractivity contribution < 1.29 is 19.0 Å². The predicted molar refractivity (Wildman–Crippen MR) is 89.8 cm³/mol. The Kier molecular flexibility index (Phi) is 3.23. The van der Waals surface area contributed by atoms with E-state index in [4.69, 9.17) is 14.2 Å². The molecule has 0 fully saturated rings. The minimum Gasteiger partial charge on any atom is -0.493 e. The molecule has 5 heteroatoms. The molecule has 1 aromatic heterocycles. The smallest absolute Gasteiger partial charge is 0.343 e. The highest BCUT2D eigenvalue weighted by Gasteiger charge is 2.38. The SMILES string of the molecule is COc1ccc2c(c1OC)C(=O)O[C@@H]2c1c(C)[nH]c2ccccc12. The third-order valence-electron chi connectivity index (χ3n) is 4.49. The molecule has 0 spiro atoms. The number of nitrogens with one attached hydrogen (secondary N) is 1. The Morgan fingerprint density at radius 1 is 1.08 bits per heavy atom. The van der Waals surface area contributed by atoms with Crippen molar-refractivity contribution in [2.75, 3.05) is 14.2 Å². The molecule has 0 saturated heterocycles. The van der Waals surface area contributed by atoms with E-state index in [9.17, 15) is 4.79 Å². The van der Waals surface area contributed by atoms with Crippen LogP contribution in [0.1, 0.15) is 33.3 Å². The minimum atomic E-state index is -0.455. The number of benzene rings is 2. The molecule has 24 heavy (non-hydrogen) atoms. The second-order valence-corrected chi connectivity index (χ2v) is 5.76. The van der Waals surface area contributed by atoms with Crippen LogP contribution < -0.4 is 9.47 Å². The average molecular weight is 323 g/mol. The Hall–Kier alpha value is -2.95. The summed E-state index contributed by atoms with van der Waals surface area (Å²) in [6.07, 6.45) is -0.455. The molecule has 2 heterocycles. The van der Waals surface area contributed by atoms with Crippen LogP contribution in [-0.2, 0) is 4.74 Å². The van der Waals surface area contributed by atoms with Gasteiger partial charge in [0, 0.05) is 27.7 Å². The number of fused-ring (bicyclic) bond motifs is 2. The summed E-state index contributed by atoms with van der Waals surface area (Å²) < 4.78 is 16.4. The highest BCUT2D eigenvalue weighted by Crippen LogP contribution is 2.46. The first-order valence-electron chi connectivity index (χ1n) is 7.68. The summed E-state index contributed by atoms with van der Waals surface area (Å²) in [6, 6.07) is 11.7. The van der Waals surface area contributed by atoms with Gasteiger partial charge in [-0.15, -0.1) is 0 Å². The second-order valence-electron chi connectivity index (χ2n) is 5.76. The number of carbonyl (C=O) groups is 1. The molecule has 0 saturated carbocycles. The van der Waals surface area contributed by atoms with Crippen LogP contribution in [0.25, 0.3) is 10.9 Å². The van der Waals surface area contributed by atoms with Gasteiger partial charge in [-0.1, -0.05) is 24.3 Å². The van der Waals surface area contributed by atoms with Crippen molar-refractivity contribution in [2.24, 2.45) is 0 Å². The van der Waals surface area contributed by atoms with E-state index in [1.165, 1.54) is 7.11 Å². The molecule has 0 amide bonds. The topological polar surface area (TPSA) is 60.6 Å². The monoisotopic (exact) mass is 323 g/mol. The first kappa shape index (κ1) is 14.6. The number of aromatic nitrogens is 1. The Morgan fingerprint density at radius 3 is 2.62 bits per heavy atom. The largest absolute Gasteiger partial charge is 0.493 e. The maximum atomic E-state index is 12.5. The molecule has 0 radical (unpaired) electrons. The zero-order valence-electron chi connectivity index (χ0n) is 13.7. The van der Waals surface area contributed by atoms with Crippen LogP contribution in [0.5, 0.6) is 11.5 Å². The quantitative estimate of drug-likeness (QED) is 0.746. The number of H-pyrrole nitrogens is 1. The lowest BCUT2D eigenvalue weighted by Crippen LogP contribution is -2.01. The van der Waals surface area contributed by atoms with Crippen molar-refractivity contribution in [3.8, 4) is 11.5 Å². The van der Waals surface area contributed by atoms with E-state index in [1.807, 2.05) is 37.3 Å². The van der Waals surface area contributed by atoms with Gasteiger partial charge >= 0.3 is 5.97 Å². The average Bonchev–Trinajstić information content (AvgIpc) is 3.10. The van der Waals surface area contributed by atoms with Crippen molar-refractivity contribution in [3.63, 3.8) is 0 Å². The summed E-state index contributed by atoms with van der Waals surface area (Å²) in [7, 11) is 3.07. The zero-order chi connectivity index (χ0) is 16.8. The fourth-order valence-corrected chi connectivity index (χ4v) is 3.45. The molecule has 0 unspecified atom stereocenters. The number of aryl methyl sites for hydroxylation is 1. The number of hydrogen-bond donors (Lipinski definition) is 1. The van der Waals surface area contributed by atoms with Crippen LogP contribution in [0.2, 0.25) is 0 Å². The summed E-state index contributed by atoms with van der Waals surface area (Å²) in [5.74, 6) is 0.542. The number of para-hydroxylation sites is 1. The van der Waals surface area contributed by atoms with E-state index in [1.54, 1.807) is 13.2 Å². The molecule has 122 valence electrons. The Balaban J connectivity index is 1.95. The number of carbonyl (C=O) groups excluding carboxylic acids is 1. The molecule has 0 aliphatic carbocycles. The maximum Gasteiger partial charge on any atom is 0.343 e. The number of aromatic amines is 1. The van der Waals surface area contributed by atoms with Gasteiger partial charge in [-0.05, 0) is 19.1 Å². The minimum absolute atomic E-state index is 0.393. The number of rotatable bonds is 3. The molecule has 4 rings (SSSR count). The standard InChI is InChI=1S/C19H17NO4/c1-10-15(11-6-4-5-7-13(11)20-10)17-12-8-9-14(22-2)18(23-3)16(12)19(21)24-17/h4-9,17,20H,1-3H3/t17-/m0/s1. The number of hydrogen-bond acceptors (Lipinski definition) is 4. The summed E-state index contributed by atoms with van der Waals surface area (Å²) in [5, 5.41) is 1.05. The van der Waals surface area contributed by atoms with E-state index in [0.29, 0.717) is 17.1 Å². The van der Waals surface area contributed by atoms with Crippen LogP contribution in [0.3, 0.4) is 0 Å². The number of cyclic esters (lactones) is 1. The van der Waals surface area contributed by atoms with E-state index in [0.717, 1.165) is 27.7 Å². The molecular formula is C19H17NO4. The van der Waals surface area contributed by atoms with Gasteiger partial charge in [-0.2, -0.15) is 0 Å². The van der Waals surface area contributed by atoms with Gasteiger partial charge in [0.1, 0.15) is 5.56 Å². The van der Waals surface area contributed by atoms with Gasteiger partial charge in [0.15, 0.2) is 17.6 Å². The highest BCUT2D eigenvalue weighted by molar-refractivity contribution is 5.99. The first-order valence-corrected chi connectivity index (χ1v) is 7.68. The van der Waals surface area contributed by atoms with Crippen LogP contribution >= 0.6 is 0 Å². The normalized spacial score (nSPS) is 16.1. The highest BCUT2D eigenvalue weighted by atomic mass is 16.6. The van der Waals surface area contributed by atoms with Gasteiger partial charge in [-0.3, -0.25) is 0 Å². The molecule has 1 atom stereocenters.